The van der Waals surface area contributed by atoms with Crippen LogP contribution in [-0.4, -0.2) is 31.8 Å². The largest absolute Gasteiger partial charge is 0.350 e. The molecule has 0 aliphatic heterocycles. The lowest BCUT2D eigenvalue weighted by atomic mass is 10.2. The summed E-state index contributed by atoms with van der Waals surface area (Å²) in [7, 11) is 0. The van der Waals surface area contributed by atoms with Crippen LogP contribution in [0, 0.1) is 0 Å². The first-order valence-electron chi connectivity index (χ1n) is 9.10. The Labute approximate surface area is 171 Å². The Balaban J connectivity index is 1.46. The SMILES string of the molecule is O=C(NCCn1ncc2c(=O)n(Cc3ccccc3)cnc21)c1cccc(Cl)c1. The van der Waals surface area contributed by atoms with Gasteiger partial charge in [0, 0.05) is 17.1 Å². The highest BCUT2D eigenvalue weighted by Crippen LogP contribution is 2.10. The summed E-state index contributed by atoms with van der Waals surface area (Å²) in [6.45, 7) is 1.19. The zero-order chi connectivity index (χ0) is 20.2. The molecule has 2 aromatic carbocycles. The number of rotatable bonds is 6. The molecular formula is C21H18ClN5O2. The van der Waals surface area contributed by atoms with E-state index in [4.69, 9.17) is 11.6 Å². The van der Waals surface area contributed by atoms with Crippen LogP contribution in [-0.2, 0) is 13.1 Å². The Morgan fingerprint density at radius 1 is 1.10 bits per heavy atom. The van der Waals surface area contributed by atoms with Gasteiger partial charge in [-0.05, 0) is 23.8 Å². The third-order valence-corrected chi connectivity index (χ3v) is 4.75. The van der Waals surface area contributed by atoms with Crippen LogP contribution < -0.4 is 10.9 Å². The molecule has 0 radical (unpaired) electrons. The molecule has 0 fully saturated rings. The Hall–Kier alpha value is -3.45. The number of hydrogen-bond donors (Lipinski definition) is 1. The molecule has 4 rings (SSSR count). The van der Waals surface area contributed by atoms with Crippen molar-refractivity contribution in [1.29, 1.82) is 0 Å². The number of halogens is 1. The molecule has 0 aliphatic rings. The van der Waals surface area contributed by atoms with E-state index in [0.717, 1.165) is 5.56 Å². The Kier molecular flexibility index (Phi) is 5.39. The molecule has 29 heavy (non-hydrogen) atoms. The number of carbonyl (C=O) groups is 1. The first-order valence-corrected chi connectivity index (χ1v) is 9.48. The van der Waals surface area contributed by atoms with Crippen LogP contribution >= 0.6 is 11.6 Å². The van der Waals surface area contributed by atoms with E-state index in [2.05, 4.69) is 15.4 Å². The third-order valence-electron chi connectivity index (χ3n) is 4.51. The van der Waals surface area contributed by atoms with Gasteiger partial charge in [-0.2, -0.15) is 5.10 Å². The third kappa shape index (κ3) is 4.20. The van der Waals surface area contributed by atoms with Crippen molar-refractivity contribution in [2.75, 3.05) is 6.54 Å². The zero-order valence-electron chi connectivity index (χ0n) is 15.5. The van der Waals surface area contributed by atoms with Gasteiger partial charge in [0.05, 0.1) is 19.3 Å². The summed E-state index contributed by atoms with van der Waals surface area (Å²) < 4.78 is 3.17. The molecule has 146 valence electrons. The highest BCUT2D eigenvalue weighted by molar-refractivity contribution is 6.30. The molecule has 0 spiro atoms. The minimum absolute atomic E-state index is 0.145. The Bertz CT molecular complexity index is 1220. The molecule has 0 saturated carbocycles. The standard InChI is InChI=1S/C21H18ClN5O2/c22-17-8-4-7-16(11-17)20(28)23-9-10-27-19-18(12-25-27)21(29)26(14-24-19)13-15-5-2-1-3-6-15/h1-8,11-12,14H,9-10,13H2,(H,23,28). The maximum atomic E-state index is 12.7. The highest BCUT2D eigenvalue weighted by Gasteiger charge is 2.11. The van der Waals surface area contributed by atoms with Gasteiger partial charge in [0.15, 0.2) is 5.65 Å². The fraction of sp³-hybridized carbons (Fsp3) is 0.143. The Morgan fingerprint density at radius 3 is 2.72 bits per heavy atom. The minimum atomic E-state index is -0.220. The van der Waals surface area contributed by atoms with Crippen molar-refractivity contribution in [3.05, 3.63) is 93.6 Å². The fourth-order valence-electron chi connectivity index (χ4n) is 3.06. The van der Waals surface area contributed by atoms with Crippen LogP contribution in [0.25, 0.3) is 11.0 Å². The predicted molar refractivity (Wildman–Crippen MR) is 111 cm³/mol. The van der Waals surface area contributed by atoms with E-state index in [-0.39, 0.29) is 11.5 Å². The lowest BCUT2D eigenvalue weighted by Crippen LogP contribution is -2.27. The lowest BCUT2D eigenvalue weighted by Gasteiger charge is -2.08. The number of nitrogens with one attached hydrogen (secondary N) is 1. The highest BCUT2D eigenvalue weighted by atomic mass is 35.5. The van der Waals surface area contributed by atoms with Gasteiger partial charge in [-0.3, -0.25) is 14.2 Å². The van der Waals surface area contributed by atoms with Crippen molar-refractivity contribution in [2.24, 2.45) is 0 Å². The van der Waals surface area contributed by atoms with Crippen LogP contribution in [0.5, 0.6) is 0 Å². The predicted octanol–water partition coefficient (Wildman–Crippen LogP) is 2.72. The second-order valence-corrected chi connectivity index (χ2v) is 6.97. The van der Waals surface area contributed by atoms with Crippen LogP contribution in [0.4, 0.5) is 0 Å². The Morgan fingerprint density at radius 2 is 1.93 bits per heavy atom. The summed E-state index contributed by atoms with van der Waals surface area (Å²) in [4.78, 5) is 29.3. The summed E-state index contributed by atoms with van der Waals surface area (Å²) in [6, 6.07) is 16.5. The van der Waals surface area contributed by atoms with E-state index in [9.17, 15) is 9.59 Å². The van der Waals surface area contributed by atoms with E-state index in [1.807, 2.05) is 30.3 Å². The number of hydrogen-bond acceptors (Lipinski definition) is 4. The summed E-state index contributed by atoms with van der Waals surface area (Å²) in [5.41, 5.74) is 1.86. The first-order chi connectivity index (χ1) is 14.1. The van der Waals surface area contributed by atoms with Gasteiger partial charge >= 0.3 is 0 Å². The molecule has 2 heterocycles. The van der Waals surface area contributed by atoms with Gasteiger partial charge in [-0.15, -0.1) is 0 Å². The van der Waals surface area contributed by atoms with Crippen LogP contribution in [0.1, 0.15) is 15.9 Å². The maximum absolute atomic E-state index is 12.7. The number of fused-ring (bicyclic) bond motifs is 1. The lowest BCUT2D eigenvalue weighted by molar-refractivity contribution is 0.0952. The summed E-state index contributed by atoms with van der Waals surface area (Å²) in [5.74, 6) is -0.220. The quantitative estimate of drug-likeness (QED) is 0.532. The monoisotopic (exact) mass is 407 g/mol. The van der Waals surface area contributed by atoms with E-state index >= 15 is 0 Å². The number of aromatic nitrogens is 4. The summed E-state index contributed by atoms with van der Waals surface area (Å²) in [5, 5.41) is 8.03. The van der Waals surface area contributed by atoms with Gasteiger partial charge < -0.3 is 5.32 Å². The van der Waals surface area contributed by atoms with E-state index < -0.39 is 0 Å². The second-order valence-electron chi connectivity index (χ2n) is 6.53. The number of benzene rings is 2. The molecule has 4 aromatic rings. The number of nitrogens with zero attached hydrogens (tertiary/aromatic N) is 4. The van der Waals surface area contributed by atoms with E-state index in [1.165, 1.54) is 12.5 Å². The maximum Gasteiger partial charge on any atom is 0.264 e. The molecule has 1 amide bonds. The van der Waals surface area contributed by atoms with Crippen molar-refractivity contribution < 1.29 is 4.79 Å². The van der Waals surface area contributed by atoms with E-state index in [1.54, 1.807) is 33.5 Å². The average molecular weight is 408 g/mol. The average Bonchev–Trinajstić information content (AvgIpc) is 3.14. The zero-order valence-corrected chi connectivity index (χ0v) is 16.2. The molecule has 0 unspecified atom stereocenters. The second kappa shape index (κ2) is 8.28. The van der Waals surface area contributed by atoms with Gasteiger partial charge in [0.1, 0.15) is 11.7 Å². The number of amides is 1. The molecular weight excluding hydrogens is 390 g/mol. The molecule has 7 nitrogen and oxygen atoms in total. The molecule has 0 aliphatic carbocycles. The smallest absolute Gasteiger partial charge is 0.264 e. The van der Waals surface area contributed by atoms with Gasteiger partial charge in [-0.1, -0.05) is 48.0 Å². The topological polar surface area (TPSA) is 81.8 Å². The molecule has 1 N–H and O–H groups in total. The molecule has 2 aromatic heterocycles. The molecule has 0 atom stereocenters. The van der Waals surface area contributed by atoms with Crippen molar-refractivity contribution in [3.63, 3.8) is 0 Å². The van der Waals surface area contributed by atoms with Crippen molar-refractivity contribution in [2.45, 2.75) is 13.1 Å². The summed E-state index contributed by atoms with van der Waals surface area (Å²) in [6.07, 6.45) is 3.05. The van der Waals surface area contributed by atoms with Crippen LogP contribution in [0.3, 0.4) is 0 Å². The molecule has 0 saturated heterocycles. The summed E-state index contributed by atoms with van der Waals surface area (Å²) >= 11 is 5.91. The minimum Gasteiger partial charge on any atom is -0.350 e. The van der Waals surface area contributed by atoms with Crippen molar-refractivity contribution in [1.82, 2.24) is 24.6 Å². The molecule has 8 heteroatoms. The van der Waals surface area contributed by atoms with Crippen LogP contribution in [0.2, 0.25) is 5.02 Å². The van der Waals surface area contributed by atoms with Gasteiger partial charge in [-0.25, -0.2) is 9.67 Å². The van der Waals surface area contributed by atoms with Gasteiger partial charge in [0.25, 0.3) is 11.5 Å². The molecule has 0 bridgehead atoms. The normalized spacial score (nSPS) is 10.9. The first kappa shape index (κ1) is 18.9. The van der Waals surface area contributed by atoms with E-state index in [0.29, 0.717) is 41.3 Å². The van der Waals surface area contributed by atoms with Gasteiger partial charge in [0.2, 0.25) is 0 Å². The van der Waals surface area contributed by atoms with Crippen LogP contribution in [0.15, 0.2) is 71.9 Å². The van der Waals surface area contributed by atoms with Crippen molar-refractivity contribution >= 4 is 28.5 Å². The fourth-order valence-corrected chi connectivity index (χ4v) is 3.25. The van der Waals surface area contributed by atoms with Crippen molar-refractivity contribution in [3.8, 4) is 0 Å². The number of carbonyl (C=O) groups excluding carboxylic acids is 1.